The van der Waals surface area contributed by atoms with Crippen molar-refractivity contribution >= 4 is 23.7 Å². The fraction of sp³-hybridized carbons (Fsp3) is 0.250. The highest BCUT2D eigenvalue weighted by Gasteiger charge is 2.11. The number of hydrogen-bond acceptors (Lipinski definition) is 5. The fourth-order valence-corrected chi connectivity index (χ4v) is 1.16. The van der Waals surface area contributed by atoms with Crippen LogP contribution in [0.5, 0.6) is 0 Å². The molecule has 0 unspecified atom stereocenters. The maximum absolute atomic E-state index is 11.2. The maximum Gasteiger partial charge on any atom is 0.362 e. The van der Waals surface area contributed by atoms with Gasteiger partial charge < -0.3 is 4.74 Å². The molecule has 0 aliphatic rings. The molecule has 0 spiro atoms. The van der Waals surface area contributed by atoms with Gasteiger partial charge in [-0.25, -0.2) is 4.79 Å². The zero-order chi connectivity index (χ0) is 12.7. The van der Waals surface area contributed by atoms with Gasteiger partial charge in [0, 0.05) is 0 Å². The Morgan fingerprint density at radius 1 is 1.53 bits per heavy atom. The largest absolute Gasteiger partial charge is 0.461 e. The van der Waals surface area contributed by atoms with Crippen LogP contribution in [0.4, 0.5) is 5.69 Å². The molecule has 0 aromatic heterocycles. The second kappa shape index (κ2) is 6.42. The van der Waals surface area contributed by atoms with Gasteiger partial charge >= 0.3 is 5.97 Å². The fourth-order valence-electron chi connectivity index (χ4n) is 1.16. The number of rotatable bonds is 5. The van der Waals surface area contributed by atoms with Crippen LogP contribution in [-0.2, 0) is 14.3 Å². The lowest BCUT2D eigenvalue weighted by Gasteiger charge is -2.03. The van der Waals surface area contributed by atoms with Crippen LogP contribution in [0, 0.1) is 6.92 Å². The van der Waals surface area contributed by atoms with E-state index in [1.807, 2.05) is 25.1 Å². The van der Waals surface area contributed by atoms with Crippen molar-refractivity contribution < 1.29 is 14.3 Å². The maximum atomic E-state index is 11.2. The van der Waals surface area contributed by atoms with Crippen molar-refractivity contribution in [3.05, 3.63) is 29.8 Å². The number of hydrazone groups is 1. The van der Waals surface area contributed by atoms with Crippen molar-refractivity contribution in [3.63, 3.8) is 0 Å². The molecular formula is C12H14N2O3. The van der Waals surface area contributed by atoms with Gasteiger partial charge in [0.1, 0.15) is 0 Å². The quantitative estimate of drug-likeness (QED) is 0.276. The van der Waals surface area contributed by atoms with Crippen molar-refractivity contribution in [1.29, 1.82) is 0 Å². The number of nitrogens with zero attached hydrogens (tertiary/aromatic N) is 1. The summed E-state index contributed by atoms with van der Waals surface area (Å²) in [5.41, 5.74) is 4.10. The number of aryl methyl sites for hydroxylation is 1. The summed E-state index contributed by atoms with van der Waals surface area (Å²) in [6.07, 6.45) is 0.362. The zero-order valence-electron chi connectivity index (χ0n) is 9.77. The summed E-state index contributed by atoms with van der Waals surface area (Å²) in [5, 5.41) is 3.70. The molecule has 0 amide bonds. The third-order valence-corrected chi connectivity index (χ3v) is 1.92. The van der Waals surface area contributed by atoms with Crippen LogP contribution in [0.1, 0.15) is 12.5 Å². The van der Waals surface area contributed by atoms with Crippen molar-refractivity contribution in [2.75, 3.05) is 12.0 Å². The predicted molar refractivity (Wildman–Crippen MR) is 64.9 cm³/mol. The zero-order valence-corrected chi connectivity index (χ0v) is 9.77. The Bertz CT molecular complexity index is 441. The molecule has 0 bridgehead atoms. The number of aldehydes is 1. The Morgan fingerprint density at radius 3 is 2.88 bits per heavy atom. The third-order valence-electron chi connectivity index (χ3n) is 1.92. The Labute approximate surface area is 99.5 Å². The molecule has 1 N–H and O–H groups in total. The van der Waals surface area contributed by atoms with Gasteiger partial charge in [-0.05, 0) is 31.5 Å². The molecule has 5 heteroatoms. The van der Waals surface area contributed by atoms with Crippen LogP contribution < -0.4 is 5.43 Å². The van der Waals surface area contributed by atoms with Gasteiger partial charge in [0.15, 0.2) is 6.29 Å². The van der Waals surface area contributed by atoms with E-state index in [1.165, 1.54) is 0 Å². The van der Waals surface area contributed by atoms with E-state index in [4.69, 9.17) is 0 Å². The molecule has 1 aromatic carbocycles. The van der Waals surface area contributed by atoms with E-state index in [9.17, 15) is 9.59 Å². The lowest BCUT2D eigenvalue weighted by atomic mass is 10.2. The molecule has 0 aliphatic carbocycles. The average molecular weight is 234 g/mol. The highest BCUT2D eigenvalue weighted by molar-refractivity contribution is 6.58. The molecule has 0 saturated heterocycles. The van der Waals surface area contributed by atoms with Crippen molar-refractivity contribution in [1.82, 2.24) is 0 Å². The van der Waals surface area contributed by atoms with Gasteiger partial charge in [0.25, 0.3) is 0 Å². The molecule has 0 fully saturated rings. The number of ether oxygens (including phenoxy) is 1. The van der Waals surface area contributed by atoms with Crippen molar-refractivity contribution in [2.45, 2.75) is 13.8 Å². The molecule has 0 atom stereocenters. The Hall–Kier alpha value is -2.17. The molecule has 0 radical (unpaired) electrons. The Balaban J connectivity index is 2.74. The number of nitrogens with one attached hydrogen (secondary N) is 1. The summed E-state index contributed by atoms with van der Waals surface area (Å²) in [5.74, 6) is -0.734. The van der Waals surface area contributed by atoms with Crippen molar-refractivity contribution in [2.24, 2.45) is 5.10 Å². The standard InChI is InChI=1S/C12H14N2O3/c1-3-17-12(16)11(8-15)14-13-10-6-4-5-9(2)7-10/h4-8,13H,3H2,1-2H3. The Morgan fingerprint density at radius 2 is 2.29 bits per heavy atom. The summed E-state index contributed by atoms with van der Waals surface area (Å²) in [6.45, 7) is 3.80. The molecule has 1 rings (SSSR count). The van der Waals surface area contributed by atoms with Crippen LogP contribution in [0.3, 0.4) is 0 Å². The molecule has 0 saturated carbocycles. The number of hydrogen-bond donors (Lipinski definition) is 1. The molecule has 0 heterocycles. The summed E-state index contributed by atoms with van der Waals surface area (Å²) in [7, 11) is 0. The van der Waals surface area contributed by atoms with Gasteiger partial charge in [-0.1, -0.05) is 12.1 Å². The van der Waals surface area contributed by atoms with E-state index in [1.54, 1.807) is 13.0 Å². The van der Waals surface area contributed by atoms with E-state index in [2.05, 4.69) is 15.3 Å². The van der Waals surface area contributed by atoms with Crippen LogP contribution >= 0.6 is 0 Å². The first-order valence-electron chi connectivity index (χ1n) is 5.20. The first-order chi connectivity index (χ1) is 8.17. The number of esters is 1. The average Bonchev–Trinajstić information content (AvgIpc) is 2.30. The molecule has 0 aliphatic heterocycles. The summed E-state index contributed by atoms with van der Waals surface area (Å²) in [6, 6.07) is 7.40. The topological polar surface area (TPSA) is 67.8 Å². The van der Waals surface area contributed by atoms with Crippen molar-refractivity contribution in [3.8, 4) is 0 Å². The number of carbonyl (C=O) groups is 2. The van der Waals surface area contributed by atoms with E-state index < -0.39 is 5.97 Å². The van der Waals surface area contributed by atoms with E-state index in [-0.39, 0.29) is 12.3 Å². The number of carbonyl (C=O) groups excluding carboxylic acids is 2. The molecule has 90 valence electrons. The minimum atomic E-state index is -0.734. The second-order valence-corrected chi connectivity index (χ2v) is 3.32. The van der Waals surface area contributed by atoms with Gasteiger partial charge in [-0.3, -0.25) is 10.2 Å². The van der Waals surface area contributed by atoms with Gasteiger partial charge in [0.2, 0.25) is 5.71 Å². The number of anilines is 1. The highest BCUT2D eigenvalue weighted by atomic mass is 16.5. The monoisotopic (exact) mass is 234 g/mol. The van der Waals surface area contributed by atoms with E-state index >= 15 is 0 Å². The summed E-state index contributed by atoms with van der Waals surface area (Å²) < 4.78 is 4.67. The third kappa shape index (κ3) is 4.06. The molecule has 5 nitrogen and oxygen atoms in total. The van der Waals surface area contributed by atoms with E-state index in [0.29, 0.717) is 12.0 Å². The second-order valence-electron chi connectivity index (χ2n) is 3.32. The minimum Gasteiger partial charge on any atom is -0.461 e. The molecular weight excluding hydrogens is 220 g/mol. The van der Waals surface area contributed by atoms with Crippen LogP contribution in [0.25, 0.3) is 0 Å². The van der Waals surface area contributed by atoms with Crippen LogP contribution in [0.15, 0.2) is 29.4 Å². The lowest BCUT2D eigenvalue weighted by Crippen LogP contribution is -2.20. The first-order valence-corrected chi connectivity index (χ1v) is 5.20. The molecule has 17 heavy (non-hydrogen) atoms. The normalized spacial score (nSPS) is 10.8. The predicted octanol–water partition coefficient (Wildman–Crippen LogP) is 1.52. The highest BCUT2D eigenvalue weighted by Crippen LogP contribution is 2.09. The van der Waals surface area contributed by atoms with Crippen LogP contribution in [-0.4, -0.2) is 24.6 Å². The first kappa shape index (κ1) is 12.9. The molecule has 1 aromatic rings. The SMILES string of the molecule is CCOC(=O)C(C=O)=NNc1cccc(C)c1. The summed E-state index contributed by atoms with van der Waals surface area (Å²) >= 11 is 0. The van der Waals surface area contributed by atoms with E-state index in [0.717, 1.165) is 5.56 Å². The Kier molecular flexibility index (Phi) is 4.87. The smallest absolute Gasteiger partial charge is 0.362 e. The van der Waals surface area contributed by atoms with Gasteiger partial charge in [-0.2, -0.15) is 5.10 Å². The minimum absolute atomic E-state index is 0.205. The van der Waals surface area contributed by atoms with Gasteiger partial charge in [-0.15, -0.1) is 0 Å². The van der Waals surface area contributed by atoms with Gasteiger partial charge in [0.05, 0.1) is 12.3 Å². The lowest BCUT2D eigenvalue weighted by molar-refractivity contribution is -0.135. The number of benzene rings is 1. The van der Waals surface area contributed by atoms with Crippen LogP contribution in [0.2, 0.25) is 0 Å². The summed E-state index contributed by atoms with van der Waals surface area (Å²) in [4.78, 5) is 21.9.